The highest BCUT2D eigenvalue weighted by molar-refractivity contribution is 7.99. The topological polar surface area (TPSA) is 43.8 Å². The highest BCUT2D eigenvalue weighted by atomic mass is 32.2. The van der Waals surface area contributed by atoms with Crippen molar-refractivity contribution in [3.05, 3.63) is 59.2 Å². The molecule has 1 aliphatic rings. The Morgan fingerprint density at radius 1 is 1.08 bits per heavy atom. The second kappa shape index (κ2) is 7.82. The van der Waals surface area contributed by atoms with E-state index in [0.29, 0.717) is 6.54 Å². The van der Waals surface area contributed by atoms with Crippen molar-refractivity contribution < 1.29 is 9.90 Å². The van der Waals surface area contributed by atoms with E-state index >= 15 is 0 Å². The van der Waals surface area contributed by atoms with E-state index in [4.69, 9.17) is 0 Å². The van der Waals surface area contributed by atoms with Crippen molar-refractivity contribution in [1.29, 1.82) is 0 Å². The Bertz CT molecular complexity index is 789. The molecule has 0 aromatic heterocycles. The lowest BCUT2D eigenvalue weighted by Gasteiger charge is -2.26. The number of anilines is 1. The molecule has 1 amide bonds. The van der Waals surface area contributed by atoms with Crippen LogP contribution in [0.2, 0.25) is 0 Å². The van der Waals surface area contributed by atoms with Crippen LogP contribution >= 0.6 is 11.8 Å². The third-order valence-electron chi connectivity index (χ3n) is 4.64. The van der Waals surface area contributed by atoms with Crippen LogP contribution in [0.5, 0.6) is 0 Å². The fourth-order valence-corrected chi connectivity index (χ4v) is 4.45. The summed E-state index contributed by atoms with van der Waals surface area (Å²) in [6.45, 7) is 5.38. The van der Waals surface area contributed by atoms with E-state index in [1.165, 1.54) is 0 Å². The number of aliphatic hydroxyl groups is 1. The van der Waals surface area contributed by atoms with Crippen molar-refractivity contribution >= 4 is 23.4 Å². The van der Waals surface area contributed by atoms with Crippen molar-refractivity contribution in [1.82, 2.24) is 4.90 Å². The molecule has 0 spiro atoms. The molecule has 5 heteroatoms. The van der Waals surface area contributed by atoms with Crippen LogP contribution < -0.4 is 4.90 Å². The van der Waals surface area contributed by atoms with Crippen molar-refractivity contribution in [2.24, 2.45) is 0 Å². The van der Waals surface area contributed by atoms with Gasteiger partial charge in [-0.15, -0.1) is 11.8 Å². The van der Waals surface area contributed by atoms with Crippen LogP contribution in [0.1, 0.15) is 21.9 Å². The minimum absolute atomic E-state index is 0.229. The number of likely N-dealkylation sites (N-methyl/N-ethyl adjacent to an activating group) is 1. The van der Waals surface area contributed by atoms with Crippen LogP contribution in [-0.4, -0.2) is 49.2 Å². The number of amides is 1. The number of carbonyl (C=O) groups is 1. The van der Waals surface area contributed by atoms with Gasteiger partial charge in [-0.3, -0.25) is 4.79 Å². The largest absolute Gasteiger partial charge is 0.382 e. The monoisotopic (exact) mass is 370 g/mol. The minimum atomic E-state index is -1.07. The number of thioether (sulfide) groups is 1. The van der Waals surface area contributed by atoms with Gasteiger partial charge in [0.1, 0.15) is 6.10 Å². The van der Waals surface area contributed by atoms with Gasteiger partial charge in [-0.1, -0.05) is 35.9 Å². The molecule has 3 rings (SSSR count). The summed E-state index contributed by atoms with van der Waals surface area (Å²) in [5.74, 6) is -0.229. The Morgan fingerprint density at radius 2 is 1.73 bits per heavy atom. The summed E-state index contributed by atoms with van der Waals surface area (Å²) in [6, 6.07) is 14.2. The Balaban J connectivity index is 2.03. The summed E-state index contributed by atoms with van der Waals surface area (Å²) in [4.78, 5) is 17.9. The van der Waals surface area contributed by atoms with E-state index < -0.39 is 6.10 Å². The van der Waals surface area contributed by atoms with Gasteiger partial charge in [0.25, 0.3) is 5.91 Å². The SMILES string of the molecule is Cc1ccc([C@H]2Sc3cc(C)ccc3N(CCN(C)C)C(=O)[C@@H]2O)cc1. The third-order valence-corrected chi connectivity index (χ3v) is 6.01. The molecule has 0 saturated carbocycles. The molecular formula is C21H26N2O2S. The zero-order chi connectivity index (χ0) is 18.8. The fourth-order valence-electron chi connectivity index (χ4n) is 3.08. The quantitative estimate of drug-likeness (QED) is 0.896. The van der Waals surface area contributed by atoms with Gasteiger partial charge >= 0.3 is 0 Å². The first-order valence-electron chi connectivity index (χ1n) is 8.85. The predicted octanol–water partition coefficient (Wildman–Crippen LogP) is 3.41. The second-order valence-corrected chi connectivity index (χ2v) is 8.34. The lowest BCUT2D eigenvalue weighted by molar-refractivity contribution is -0.126. The smallest absolute Gasteiger partial charge is 0.257 e. The molecule has 2 aromatic rings. The first-order chi connectivity index (χ1) is 12.4. The fraction of sp³-hybridized carbons (Fsp3) is 0.381. The molecule has 4 nitrogen and oxygen atoms in total. The molecule has 2 atom stereocenters. The molecule has 0 fully saturated rings. The van der Waals surface area contributed by atoms with Gasteiger partial charge in [0.15, 0.2) is 0 Å². The molecule has 0 bridgehead atoms. The zero-order valence-electron chi connectivity index (χ0n) is 15.8. The maximum absolute atomic E-state index is 13.1. The number of hydrogen-bond donors (Lipinski definition) is 1. The van der Waals surface area contributed by atoms with Gasteiger partial charge in [-0.25, -0.2) is 0 Å². The van der Waals surface area contributed by atoms with Gasteiger partial charge in [0, 0.05) is 18.0 Å². The summed E-state index contributed by atoms with van der Waals surface area (Å²) in [6.07, 6.45) is -1.07. The van der Waals surface area contributed by atoms with E-state index in [1.54, 1.807) is 16.7 Å². The lowest BCUT2D eigenvalue weighted by atomic mass is 10.0. The van der Waals surface area contributed by atoms with Crippen molar-refractivity contribution in [2.45, 2.75) is 30.1 Å². The van der Waals surface area contributed by atoms with E-state index in [1.807, 2.05) is 62.3 Å². The highest BCUT2D eigenvalue weighted by Gasteiger charge is 2.37. The molecule has 2 aromatic carbocycles. The standard InChI is InChI=1S/C21H26N2O2S/c1-14-5-8-16(9-6-14)20-19(24)21(25)23(12-11-22(3)4)17-10-7-15(2)13-18(17)26-20/h5-10,13,19-20,24H,11-12H2,1-4H3/t19-,20-/m1/s1. The molecule has 0 unspecified atom stereocenters. The highest BCUT2D eigenvalue weighted by Crippen LogP contribution is 2.46. The Kier molecular flexibility index (Phi) is 5.70. The molecule has 138 valence electrons. The maximum Gasteiger partial charge on any atom is 0.257 e. The predicted molar refractivity (Wildman–Crippen MR) is 108 cm³/mol. The molecule has 0 radical (unpaired) electrons. The number of carbonyl (C=O) groups excluding carboxylic acids is 1. The molecule has 0 aliphatic carbocycles. The average molecular weight is 371 g/mol. The van der Waals surface area contributed by atoms with Crippen LogP contribution in [0.15, 0.2) is 47.4 Å². The minimum Gasteiger partial charge on any atom is -0.382 e. The Labute approximate surface area is 159 Å². The Hall–Kier alpha value is -1.82. The van der Waals surface area contributed by atoms with Crippen LogP contribution in [0.3, 0.4) is 0 Å². The summed E-state index contributed by atoms with van der Waals surface area (Å²) in [5.41, 5.74) is 4.18. The van der Waals surface area contributed by atoms with Gasteiger partial charge in [0.2, 0.25) is 0 Å². The maximum atomic E-state index is 13.1. The van der Waals surface area contributed by atoms with Crippen LogP contribution in [0.4, 0.5) is 5.69 Å². The number of hydrogen-bond acceptors (Lipinski definition) is 4. The Morgan fingerprint density at radius 3 is 2.38 bits per heavy atom. The average Bonchev–Trinajstić information content (AvgIpc) is 2.70. The normalized spacial score (nSPS) is 20.2. The second-order valence-electron chi connectivity index (χ2n) is 7.16. The van der Waals surface area contributed by atoms with Gasteiger partial charge in [-0.05, 0) is 51.2 Å². The van der Waals surface area contributed by atoms with Crippen molar-refractivity contribution in [3.63, 3.8) is 0 Å². The number of aryl methyl sites for hydroxylation is 2. The zero-order valence-corrected chi connectivity index (χ0v) is 16.6. The van der Waals surface area contributed by atoms with Gasteiger partial charge in [0.05, 0.1) is 10.9 Å². The van der Waals surface area contributed by atoms with E-state index in [9.17, 15) is 9.90 Å². The molecular weight excluding hydrogens is 344 g/mol. The first kappa shape index (κ1) is 19.0. The van der Waals surface area contributed by atoms with Gasteiger partial charge < -0.3 is 14.9 Å². The number of nitrogens with zero attached hydrogens (tertiary/aromatic N) is 2. The van der Waals surface area contributed by atoms with Crippen LogP contribution in [0, 0.1) is 13.8 Å². The molecule has 1 heterocycles. The van der Waals surface area contributed by atoms with E-state index in [2.05, 4.69) is 13.0 Å². The number of benzene rings is 2. The lowest BCUT2D eigenvalue weighted by Crippen LogP contribution is -2.43. The number of aliphatic hydroxyl groups excluding tert-OH is 1. The molecule has 0 saturated heterocycles. The van der Waals surface area contributed by atoms with Crippen molar-refractivity contribution in [2.75, 3.05) is 32.1 Å². The third kappa shape index (κ3) is 3.95. The summed E-state index contributed by atoms with van der Waals surface area (Å²) >= 11 is 1.57. The molecule has 26 heavy (non-hydrogen) atoms. The summed E-state index contributed by atoms with van der Waals surface area (Å²) in [7, 11) is 3.97. The van der Waals surface area contributed by atoms with Crippen molar-refractivity contribution in [3.8, 4) is 0 Å². The van der Waals surface area contributed by atoms with E-state index in [-0.39, 0.29) is 11.2 Å². The first-order valence-corrected chi connectivity index (χ1v) is 9.73. The number of fused-ring (bicyclic) bond motifs is 1. The summed E-state index contributed by atoms with van der Waals surface area (Å²) in [5, 5.41) is 10.6. The van der Waals surface area contributed by atoms with Crippen LogP contribution in [0.25, 0.3) is 0 Å². The summed E-state index contributed by atoms with van der Waals surface area (Å²) < 4.78 is 0. The number of rotatable bonds is 4. The molecule has 1 N–H and O–H groups in total. The van der Waals surface area contributed by atoms with E-state index in [0.717, 1.165) is 33.8 Å². The van der Waals surface area contributed by atoms with Crippen LogP contribution in [-0.2, 0) is 4.79 Å². The van der Waals surface area contributed by atoms with Gasteiger partial charge in [-0.2, -0.15) is 0 Å². The molecule has 1 aliphatic heterocycles.